The highest BCUT2D eigenvalue weighted by Crippen LogP contribution is 2.43. The van der Waals surface area contributed by atoms with E-state index in [-0.39, 0.29) is 11.9 Å². The number of carbonyl (C=O) groups is 1. The van der Waals surface area contributed by atoms with E-state index in [1.54, 1.807) is 0 Å². The Bertz CT molecular complexity index is 1510. The highest BCUT2D eigenvalue weighted by Gasteiger charge is 2.43. The van der Waals surface area contributed by atoms with Crippen molar-refractivity contribution in [3.63, 3.8) is 0 Å². The van der Waals surface area contributed by atoms with Crippen molar-refractivity contribution in [2.24, 2.45) is 0 Å². The number of nitrogens with zero attached hydrogens (tertiary/aromatic N) is 2. The van der Waals surface area contributed by atoms with Crippen LogP contribution in [0.5, 0.6) is 0 Å². The molecule has 1 aliphatic rings. The molecule has 0 unspecified atom stereocenters. The van der Waals surface area contributed by atoms with Crippen molar-refractivity contribution in [2.45, 2.75) is 77.0 Å². The van der Waals surface area contributed by atoms with E-state index in [0.717, 1.165) is 74.1 Å². The lowest BCUT2D eigenvalue weighted by Gasteiger charge is -2.42. The Balaban J connectivity index is 1.48. The highest BCUT2D eigenvalue weighted by atomic mass is 16.6. The lowest BCUT2D eigenvalue weighted by Crippen LogP contribution is -2.44. The summed E-state index contributed by atoms with van der Waals surface area (Å²) < 4.78 is 6.54. The summed E-state index contributed by atoms with van der Waals surface area (Å²) >= 11 is 0. The van der Waals surface area contributed by atoms with E-state index in [2.05, 4.69) is 147 Å². The van der Waals surface area contributed by atoms with Crippen LogP contribution in [0.3, 0.4) is 0 Å². The molecule has 0 amide bonds. The van der Waals surface area contributed by atoms with Crippen molar-refractivity contribution in [3.05, 3.63) is 149 Å². The van der Waals surface area contributed by atoms with Gasteiger partial charge in [0.25, 0.3) is 0 Å². The van der Waals surface area contributed by atoms with Gasteiger partial charge in [0.2, 0.25) is 0 Å². The van der Waals surface area contributed by atoms with Crippen LogP contribution in [0.4, 0.5) is 5.69 Å². The molecule has 0 N–H and O–H groups in total. The van der Waals surface area contributed by atoms with Crippen LogP contribution in [0.1, 0.15) is 74.1 Å². The smallest absolute Gasteiger partial charge is 0.336 e. The van der Waals surface area contributed by atoms with Crippen molar-refractivity contribution >= 4 is 11.7 Å². The average Bonchev–Trinajstić information content (AvgIpc) is 3.06. The molecule has 0 spiro atoms. The van der Waals surface area contributed by atoms with Crippen LogP contribution in [0.25, 0.3) is 0 Å². The van der Waals surface area contributed by atoms with Gasteiger partial charge in [0, 0.05) is 50.9 Å². The molecule has 1 aliphatic heterocycles. The number of anilines is 1. The fourth-order valence-corrected chi connectivity index (χ4v) is 6.82. The normalized spacial score (nSPS) is 17.1. The predicted octanol–water partition coefficient (Wildman–Crippen LogP) is 9.32. The van der Waals surface area contributed by atoms with Crippen molar-refractivity contribution < 1.29 is 9.53 Å². The third-order valence-electron chi connectivity index (χ3n) is 9.11. The zero-order valence-corrected chi connectivity index (χ0v) is 27.4. The molecule has 1 heterocycles. The quantitative estimate of drug-likeness (QED) is 0.135. The van der Waals surface area contributed by atoms with Crippen LogP contribution < -0.4 is 4.90 Å². The highest BCUT2D eigenvalue weighted by molar-refractivity contribution is 5.92. The molecular weight excluding hydrogens is 552 g/mol. The molecule has 4 aromatic carbocycles. The number of esters is 1. The second kappa shape index (κ2) is 15.1. The number of benzene rings is 4. The van der Waals surface area contributed by atoms with Crippen molar-refractivity contribution in [1.29, 1.82) is 0 Å². The maximum atomic E-state index is 14.2. The first-order chi connectivity index (χ1) is 21.9. The number of cyclic esters (lactones) is 1. The SMILES string of the molecule is CCC[C@@]1(CCc2ccccc2)CC(N(C)C)=C([C@H](CC)c2cccc(N(Cc3ccccc3)Cc3ccccc3)c2)C(=O)O1. The number of rotatable bonds is 14. The Kier molecular flexibility index (Phi) is 10.8. The van der Waals surface area contributed by atoms with Crippen LogP contribution in [0, 0.1) is 0 Å². The Morgan fingerprint density at radius 2 is 1.31 bits per heavy atom. The van der Waals surface area contributed by atoms with Crippen LogP contribution >= 0.6 is 0 Å². The minimum Gasteiger partial charge on any atom is -0.455 e. The maximum absolute atomic E-state index is 14.2. The topological polar surface area (TPSA) is 32.8 Å². The van der Waals surface area contributed by atoms with E-state index in [0.29, 0.717) is 0 Å². The third kappa shape index (κ3) is 8.05. The monoisotopic (exact) mass is 600 g/mol. The average molecular weight is 601 g/mol. The summed E-state index contributed by atoms with van der Waals surface area (Å²) in [6, 6.07) is 40.6. The second-order valence-electron chi connectivity index (χ2n) is 12.6. The Morgan fingerprint density at radius 3 is 1.84 bits per heavy atom. The van der Waals surface area contributed by atoms with Gasteiger partial charge in [-0.25, -0.2) is 4.79 Å². The van der Waals surface area contributed by atoms with Crippen molar-refractivity contribution in [3.8, 4) is 0 Å². The van der Waals surface area contributed by atoms with E-state index < -0.39 is 5.60 Å². The third-order valence-corrected chi connectivity index (χ3v) is 9.11. The summed E-state index contributed by atoms with van der Waals surface area (Å²) in [7, 11) is 4.15. The first-order valence-electron chi connectivity index (χ1n) is 16.5. The summed E-state index contributed by atoms with van der Waals surface area (Å²) in [5.41, 5.74) is 7.54. The van der Waals surface area contributed by atoms with E-state index in [1.165, 1.54) is 16.7 Å². The van der Waals surface area contributed by atoms with E-state index >= 15 is 0 Å². The number of hydrogen-bond acceptors (Lipinski definition) is 4. The minimum atomic E-state index is -0.493. The molecule has 5 rings (SSSR count). The molecule has 0 fully saturated rings. The van der Waals surface area contributed by atoms with Crippen molar-refractivity contribution in [2.75, 3.05) is 19.0 Å². The number of hydrogen-bond donors (Lipinski definition) is 0. The molecule has 234 valence electrons. The fourth-order valence-electron chi connectivity index (χ4n) is 6.82. The predicted molar refractivity (Wildman–Crippen MR) is 186 cm³/mol. The molecule has 0 aromatic heterocycles. The summed E-state index contributed by atoms with van der Waals surface area (Å²) in [6.45, 7) is 5.96. The van der Waals surface area contributed by atoms with Gasteiger partial charge < -0.3 is 14.5 Å². The largest absolute Gasteiger partial charge is 0.455 e. The van der Waals surface area contributed by atoms with Crippen LogP contribution in [-0.4, -0.2) is 30.6 Å². The van der Waals surface area contributed by atoms with Crippen LogP contribution in [0.15, 0.2) is 127 Å². The Morgan fingerprint density at radius 1 is 0.733 bits per heavy atom. The molecule has 4 nitrogen and oxygen atoms in total. The van der Waals surface area contributed by atoms with E-state index in [9.17, 15) is 4.79 Å². The van der Waals surface area contributed by atoms with Crippen LogP contribution in [0.2, 0.25) is 0 Å². The lowest BCUT2D eigenvalue weighted by atomic mass is 9.79. The van der Waals surface area contributed by atoms with Gasteiger partial charge in [-0.05, 0) is 60.1 Å². The second-order valence-corrected chi connectivity index (χ2v) is 12.6. The molecule has 4 aromatic rings. The molecule has 0 aliphatic carbocycles. The van der Waals surface area contributed by atoms with Gasteiger partial charge in [-0.15, -0.1) is 0 Å². The van der Waals surface area contributed by atoms with E-state index in [4.69, 9.17) is 4.74 Å². The van der Waals surface area contributed by atoms with E-state index in [1.807, 2.05) is 6.07 Å². The van der Waals surface area contributed by atoms with Gasteiger partial charge in [-0.3, -0.25) is 0 Å². The number of aryl methyl sites for hydroxylation is 1. The zero-order valence-electron chi connectivity index (χ0n) is 27.4. The molecule has 0 saturated heterocycles. The first-order valence-corrected chi connectivity index (χ1v) is 16.5. The van der Waals surface area contributed by atoms with Gasteiger partial charge in [-0.2, -0.15) is 0 Å². The zero-order chi connectivity index (χ0) is 31.6. The maximum Gasteiger partial charge on any atom is 0.336 e. The molecular formula is C41H48N2O2. The van der Waals surface area contributed by atoms with Crippen molar-refractivity contribution in [1.82, 2.24) is 4.90 Å². The van der Waals surface area contributed by atoms with Crippen LogP contribution in [-0.2, 0) is 29.0 Å². The Labute approximate surface area is 270 Å². The fraction of sp³-hybridized carbons (Fsp3) is 0.341. The van der Waals surface area contributed by atoms with Gasteiger partial charge in [0.05, 0.1) is 5.57 Å². The summed E-state index contributed by atoms with van der Waals surface area (Å²) in [4.78, 5) is 18.8. The summed E-state index contributed by atoms with van der Waals surface area (Å²) in [6.07, 6.45) is 5.09. The van der Waals surface area contributed by atoms with Gasteiger partial charge in [-0.1, -0.05) is 123 Å². The molecule has 4 heteroatoms. The summed E-state index contributed by atoms with van der Waals surface area (Å²) in [5, 5.41) is 0. The Hall–Kier alpha value is -4.31. The molecule has 45 heavy (non-hydrogen) atoms. The lowest BCUT2D eigenvalue weighted by molar-refractivity contribution is -0.160. The molecule has 0 saturated carbocycles. The summed E-state index contributed by atoms with van der Waals surface area (Å²) in [5.74, 6) is -0.215. The minimum absolute atomic E-state index is 0.0566. The molecule has 0 radical (unpaired) electrons. The van der Waals surface area contributed by atoms with Gasteiger partial charge >= 0.3 is 5.97 Å². The molecule has 0 bridgehead atoms. The molecule has 2 atom stereocenters. The van der Waals surface area contributed by atoms with Gasteiger partial charge in [0.1, 0.15) is 5.60 Å². The number of carbonyl (C=O) groups excluding carboxylic acids is 1. The number of ether oxygens (including phenoxy) is 1. The standard InChI is InChI=1S/C41H48N2O2/c1-5-26-41(27-25-32-17-10-7-11-18-32)29-38(42(3)4)39(40(44)45-41)37(6-2)35-23-16-24-36(28-35)43(30-33-19-12-8-13-20-33)31-34-21-14-9-15-22-34/h7-24,28,37H,5-6,25-27,29-31H2,1-4H3/t37-,41-/m1/s1. The first kappa shape index (κ1) is 32.1. The van der Waals surface area contributed by atoms with Gasteiger partial charge in [0.15, 0.2) is 0 Å².